The highest BCUT2D eigenvalue weighted by Crippen LogP contribution is 2.35. The number of methoxy groups -OCH3 is 1. The third kappa shape index (κ3) is 6.65. The van der Waals surface area contributed by atoms with Crippen LogP contribution in [0.2, 0.25) is 0 Å². The lowest BCUT2D eigenvalue weighted by Gasteiger charge is -2.25. The fraction of sp³-hybridized carbons (Fsp3) is 0.444. The van der Waals surface area contributed by atoms with Crippen LogP contribution in [0.5, 0.6) is 11.6 Å². The topological polar surface area (TPSA) is 59.8 Å². The van der Waals surface area contributed by atoms with Crippen LogP contribution in [-0.2, 0) is 11.3 Å². The number of aromatic nitrogens is 2. The highest BCUT2D eigenvalue weighted by atomic mass is 19.1. The molecule has 0 unspecified atom stereocenters. The van der Waals surface area contributed by atoms with Gasteiger partial charge in [-0.15, -0.1) is 0 Å². The number of aliphatic hydroxyl groups is 1. The van der Waals surface area contributed by atoms with Crippen LogP contribution in [0.1, 0.15) is 50.8 Å². The summed E-state index contributed by atoms with van der Waals surface area (Å²) in [6.07, 6.45) is 1.19. The number of halogens is 1. The van der Waals surface area contributed by atoms with E-state index in [1.165, 1.54) is 6.07 Å². The number of ether oxygens (including phenoxy) is 2. The summed E-state index contributed by atoms with van der Waals surface area (Å²) in [7, 11) is 1.67. The van der Waals surface area contributed by atoms with Crippen molar-refractivity contribution in [3.05, 3.63) is 71.7 Å². The third-order valence-electron chi connectivity index (χ3n) is 5.64. The van der Waals surface area contributed by atoms with Gasteiger partial charge in [-0.1, -0.05) is 57.5 Å². The maximum absolute atomic E-state index is 14.6. The van der Waals surface area contributed by atoms with Gasteiger partial charge in [0.25, 0.3) is 0 Å². The molecule has 184 valence electrons. The molecule has 0 aliphatic rings. The Labute approximate surface area is 201 Å². The van der Waals surface area contributed by atoms with E-state index in [0.717, 1.165) is 29.8 Å². The van der Waals surface area contributed by atoms with Crippen LogP contribution >= 0.6 is 0 Å². The maximum atomic E-state index is 14.6. The number of nitrogens with zero attached hydrogens (tertiary/aromatic N) is 3. The zero-order valence-corrected chi connectivity index (χ0v) is 20.6. The fourth-order valence-corrected chi connectivity index (χ4v) is 3.95. The summed E-state index contributed by atoms with van der Waals surface area (Å²) in [5, 5.41) is 15.4. The number of aliphatic hydroxyl groups excluding tert-OH is 1. The van der Waals surface area contributed by atoms with E-state index < -0.39 is 11.9 Å². The average molecular weight is 470 g/mol. The average Bonchev–Trinajstić information content (AvgIpc) is 3.17. The molecule has 0 saturated carbocycles. The van der Waals surface area contributed by atoms with Gasteiger partial charge < -0.3 is 14.6 Å². The van der Waals surface area contributed by atoms with Gasteiger partial charge in [-0.2, -0.15) is 5.10 Å². The predicted molar refractivity (Wildman–Crippen MR) is 132 cm³/mol. The van der Waals surface area contributed by atoms with Gasteiger partial charge in [0.2, 0.25) is 5.88 Å². The lowest BCUT2D eigenvalue weighted by molar-refractivity contribution is 0.0794. The van der Waals surface area contributed by atoms with E-state index in [1.807, 2.05) is 30.3 Å². The molecule has 1 N–H and O–H groups in total. The molecule has 0 radical (unpaired) electrons. The van der Waals surface area contributed by atoms with Crippen molar-refractivity contribution >= 4 is 0 Å². The Balaban J connectivity index is 2.08. The van der Waals surface area contributed by atoms with Crippen LogP contribution in [0.4, 0.5) is 4.39 Å². The first-order valence-electron chi connectivity index (χ1n) is 11.9. The van der Waals surface area contributed by atoms with Crippen molar-refractivity contribution in [2.45, 2.75) is 52.2 Å². The molecule has 7 heteroatoms. The molecule has 6 nitrogen and oxygen atoms in total. The zero-order chi connectivity index (χ0) is 24.5. The molecule has 0 fully saturated rings. The quantitative estimate of drug-likeness (QED) is 0.356. The zero-order valence-electron chi connectivity index (χ0n) is 20.6. The minimum atomic E-state index is -0.440. The predicted octanol–water partition coefficient (Wildman–Crippen LogP) is 5.54. The summed E-state index contributed by atoms with van der Waals surface area (Å²) in [4.78, 5) is 2.15. The summed E-state index contributed by atoms with van der Waals surface area (Å²) in [6.45, 7) is 8.40. The van der Waals surface area contributed by atoms with Gasteiger partial charge >= 0.3 is 0 Å². The summed E-state index contributed by atoms with van der Waals surface area (Å²) in [6, 6.07) is 16.1. The molecule has 1 heterocycles. The summed E-state index contributed by atoms with van der Waals surface area (Å²) in [5.74, 6) is 0.306. The van der Waals surface area contributed by atoms with E-state index >= 15 is 0 Å². The van der Waals surface area contributed by atoms with Crippen molar-refractivity contribution in [2.24, 2.45) is 0 Å². The van der Waals surface area contributed by atoms with Gasteiger partial charge in [0.1, 0.15) is 0 Å². The van der Waals surface area contributed by atoms with E-state index in [-0.39, 0.29) is 11.7 Å². The first-order chi connectivity index (χ1) is 16.4. The Kier molecular flexibility index (Phi) is 9.62. The number of benzene rings is 2. The van der Waals surface area contributed by atoms with Crippen molar-refractivity contribution in [2.75, 3.05) is 26.8 Å². The Morgan fingerprint density at radius 3 is 2.44 bits per heavy atom. The minimum Gasteiger partial charge on any atom is -0.435 e. The number of para-hydroxylation sites is 2. The Morgan fingerprint density at radius 1 is 1.09 bits per heavy atom. The lowest BCUT2D eigenvalue weighted by atomic mass is 10.0. The molecule has 34 heavy (non-hydrogen) atoms. The van der Waals surface area contributed by atoms with Crippen LogP contribution in [-0.4, -0.2) is 52.7 Å². The highest BCUT2D eigenvalue weighted by Gasteiger charge is 2.26. The molecule has 0 aliphatic carbocycles. The van der Waals surface area contributed by atoms with Gasteiger partial charge in [0.15, 0.2) is 11.6 Å². The fourth-order valence-electron chi connectivity index (χ4n) is 3.95. The van der Waals surface area contributed by atoms with Crippen molar-refractivity contribution in [1.29, 1.82) is 0 Å². The number of hydrogen-bond donors (Lipinski definition) is 1. The van der Waals surface area contributed by atoms with Gasteiger partial charge in [-0.05, 0) is 36.6 Å². The molecule has 0 aliphatic heterocycles. The van der Waals surface area contributed by atoms with Gasteiger partial charge in [0.05, 0.1) is 29.7 Å². The van der Waals surface area contributed by atoms with E-state index in [4.69, 9.17) is 14.6 Å². The van der Waals surface area contributed by atoms with Crippen molar-refractivity contribution < 1.29 is 19.0 Å². The van der Waals surface area contributed by atoms with Crippen LogP contribution in [0.15, 0.2) is 54.6 Å². The molecule has 0 amide bonds. The van der Waals surface area contributed by atoms with Crippen LogP contribution in [0.25, 0.3) is 5.69 Å². The summed E-state index contributed by atoms with van der Waals surface area (Å²) in [5.41, 5.74) is 2.58. The summed E-state index contributed by atoms with van der Waals surface area (Å²) < 4.78 is 27.9. The molecular formula is C27H36FN3O3. The van der Waals surface area contributed by atoms with E-state index in [2.05, 4.69) is 25.7 Å². The first-order valence-corrected chi connectivity index (χ1v) is 11.9. The molecular weight excluding hydrogens is 433 g/mol. The Bertz CT molecular complexity index is 1020. The molecule has 1 atom stereocenters. The Morgan fingerprint density at radius 2 is 1.79 bits per heavy atom. The normalized spacial score (nSPS) is 12.5. The number of hydrogen-bond acceptors (Lipinski definition) is 5. The largest absolute Gasteiger partial charge is 0.435 e. The molecule has 1 aromatic heterocycles. The monoisotopic (exact) mass is 469 g/mol. The minimum absolute atomic E-state index is 0.118. The third-order valence-corrected chi connectivity index (χ3v) is 5.64. The number of rotatable bonds is 13. The van der Waals surface area contributed by atoms with Crippen LogP contribution in [0, 0.1) is 5.82 Å². The van der Waals surface area contributed by atoms with E-state index in [9.17, 15) is 9.50 Å². The van der Waals surface area contributed by atoms with Crippen molar-refractivity contribution in [1.82, 2.24) is 14.7 Å². The maximum Gasteiger partial charge on any atom is 0.227 e. The highest BCUT2D eigenvalue weighted by molar-refractivity contribution is 5.44. The van der Waals surface area contributed by atoms with Gasteiger partial charge in [-0.25, -0.2) is 9.07 Å². The Hall–Kier alpha value is -2.74. The van der Waals surface area contributed by atoms with Gasteiger partial charge in [-0.3, -0.25) is 4.90 Å². The summed E-state index contributed by atoms with van der Waals surface area (Å²) >= 11 is 0. The second kappa shape index (κ2) is 12.6. The molecule has 0 saturated heterocycles. The van der Waals surface area contributed by atoms with Crippen molar-refractivity contribution in [3.63, 3.8) is 0 Å². The van der Waals surface area contributed by atoms with Crippen LogP contribution < -0.4 is 4.74 Å². The van der Waals surface area contributed by atoms with E-state index in [1.54, 1.807) is 30.0 Å². The second-order valence-corrected chi connectivity index (χ2v) is 8.77. The molecule has 0 bridgehead atoms. The van der Waals surface area contributed by atoms with Gasteiger partial charge in [0, 0.05) is 26.7 Å². The standard InChI is InChI=1S/C27H36FN3O3/c1-5-11-22(32)18-30(16-17-33-4)19-23-26(20(2)3)29-31(21-12-7-6-8-13-21)27(23)34-25-15-10-9-14-24(25)28/h6-10,12-15,20,22,32H,5,11,16-19H2,1-4H3/t22-/m1/s1. The molecule has 3 aromatic rings. The molecule has 0 spiro atoms. The smallest absolute Gasteiger partial charge is 0.227 e. The van der Waals surface area contributed by atoms with Crippen molar-refractivity contribution in [3.8, 4) is 17.3 Å². The molecule has 2 aromatic carbocycles. The SMILES string of the molecule is CCC[C@@H](O)CN(CCOC)Cc1c(C(C)C)nn(-c2ccccc2)c1Oc1ccccc1F. The lowest BCUT2D eigenvalue weighted by Crippen LogP contribution is -2.34. The first kappa shape index (κ1) is 25.9. The van der Waals surface area contributed by atoms with E-state index in [0.29, 0.717) is 32.1 Å². The van der Waals surface area contributed by atoms with Crippen LogP contribution in [0.3, 0.4) is 0 Å². The molecule has 3 rings (SSSR count). The second-order valence-electron chi connectivity index (χ2n) is 8.77.